The van der Waals surface area contributed by atoms with Crippen LogP contribution >= 0.6 is 15.9 Å². The molecule has 0 atom stereocenters. The van der Waals surface area contributed by atoms with Crippen molar-refractivity contribution < 1.29 is 9.53 Å². The number of esters is 1. The van der Waals surface area contributed by atoms with Crippen molar-refractivity contribution in [2.75, 3.05) is 13.1 Å². The molecule has 0 spiro atoms. The highest BCUT2D eigenvalue weighted by atomic mass is 79.9. The van der Waals surface area contributed by atoms with Gasteiger partial charge in [-0.25, -0.2) is 0 Å². The standard InChI is InChI=1S/C10H18BrNO2/c1-9(2,3)14-8(13)10(11)4-6-12-7-5-10/h12H,4-7H2,1-3H3. The minimum atomic E-state index is -0.467. The van der Waals surface area contributed by atoms with Crippen molar-refractivity contribution in [3.8, 4) is 0 Å². The van der Waals surface area contributed by atoms with Crippen molar-refractivity contribution in [1.82, 2.24) is 5.32 Å². The second-order valence-corrected chi connectivity index (χ2v) is 6.24. The van der Waals surface area contributed by atoms with Crippen molar-refractivity contribution >= 4 is 21.9 Å². The molecular formula is C10H18BrNO2. The van der Waals surface area contributed by atoms with E-state index in [4.69, 9.17) is 4.74 Å². The lowest BCUT2D eigenvalue weighted by molar-refractivity contribution is -0.158. The number of ether oxygens (including phenoxy) is 1. The molecule has 0 saturated carbocycles. The Kier molecular flexibility index (Phi) is 3.58. The number of carbonyl (C=O) groups is 1. The highest BCUT2D eigenvalue weighted by Crippen LogP contribution is 2.31. The number of carbonyl (C=O) groups excluding carboxylic acids is 1. The van der Waals surface area contributed by atoms with Gasteiger partial charge in [0.2, 0.25) is 0 Å². The Labute approximate surface area is 93.7 Å². The Bertz CT molecular complexity index is 217. The van der Waals surface area contributed by atoms with Gasteiger partial charge in [0.1, 0.15) is 9.93 Å². The third-order valence-corrected chi connectivity index (χ3v) is 3.28. The van der Waals surface area contributed by atoms with Gasteiger partial charge in [-0.15, -0.1) is 0 Å². The van der Waals surface area contributed by atoms with Crippen molar-refractivity contribution in [2.45, 2.75) is 43.5 Å². The molecule has 14 heavy (non-hydrogen) atoms. The van der Waals surface area contributed by atoms with Crippen LogP contribution in [0.4, 0.5) is 0 Å². The van der Waals surface area contributed by atoms with Crippen LogP contribution in [0.3, 0.4) is 0 Å². The number of halogens is 1. The first kappa shape index (κ1) is 12.0. The van der Waals surface area contributed by atoms with E-state index in [9.17, 15) is 4.79 Å². The smallest absolute Gasteiger partial charge is 0.323 e. The van der Waals surface area contributed by atoms with Crippen molar-refractivity contribution in [1.29, 1.82) is 0 Å². The van der Waals surface area contributed by atoms with Crippen LogP contribution in [-0.4, -0.2) is 29.0 Å². The largest absolute Gasteiger partial charge is 0.459 e. The molecule has 1 saturated heterocycles. The maximum absolute atomic E-state index is 11.8. The predicted octanol–water partition coefficient (Wildman–Crippen LogP) is 1.85. The maximum atomic E-state index is 11.8. The normalized spacial score (nSPS) is 21.7. The van der Waals surface area contributed by atoms with E-state index >= 15 is 0 Å². The molecule has 0 aromatic carbocycles. The minimum absolute atomic E-state index is 0.133. The van der Waals surface area contributed by atoms with Gasteiger partial charge in [0.05, 0.1) is 0 Å². The summed E-state index contributed by atoms with van der Waals surface area (Å²) < 4.78 is 4.90. The monoisotopic (exact) mass is 263 g/mol. The van der Waals surface area contributed by atoms with Crippen LogP contribution in [0.15, 0.2) is 0 Å². The molecule has 0 amide bonds. The molecule has 0 aromatic heterocycles. The van der Waals surface area contributed by atoms with Gasteiger partial charge in [-0.1, -0.05) is 15.9 Å². The number of hydrogen-bond acceptors (Lipinski definition) is 3. The van der Waals surface area contributed by atoms with Crippen molar-refractivity contribution in [3.05, 3.63) is 0 Å². The number of rotatable bonds is 1. The van der Waals surface area contributed by atoms with Gasteiger partial charge in [-0.2, -0.15) is 0 Å². The molecule has 1 N–H and O–H groups in total. The SMILES string of the molecule is CC(C)(C)OC(=O)C1(Br)CCNCC1. The fourth-order valence-corrected chi connectivity index (χ4v) is 1.87. The van der Waals surface area contributed by atoms with E-state index in [1.54, 1.807) is 0 Å². The zero-order valence-corrected chi connectivity index (χ0v) is 10.6. The number of alkyl halides is 1. The van der Waals surface area contributed by atoms with E-state index in [1.807, 2.05) is 20.8 Å². The summed E-state index contributed by atoms with van der Waals surface area (Å²) in [5, 5.41) is 3.22. The van der Waals surface area contributed by atoms with Crippen LogP contribution in [0.2, 0.25) is 0 Å². The highest BCUT2D eigenvalue weighted by molar-refractivity contribution is 9.10. The third kappa shape index (κ3) is 3.24. The Morgan fingerprint density at radius 1 is 1.36 bits per heavy atom. The fourth-order valence-electron chi connectivity index (χ4n) is 1.40. The summed E-state index contributed by atoms with van der Waals surface area (Å²) >= 11 is 3.50. The molecule has 0 aromatic rings. The van der Waals surface area contributed by atoms with Gasteiger partial charge < -0.3 is 10.1 Å². The Morgan fingerprint density at radius 2 is 1.86 bits per heavy atom. The highest BCUT2D eigenvalue weighted by Gasteiger charge is 2.40. The van der Waals surface area contributed by atoms with E-state index < -0.39 is 9.93 Å². The quantitative estimate of drug-likeness (QED) is 0.580. The second kappa shape index (κ2) is 4.19. The number of nitrogens with one attached hydrogen (secondary N) is 1. The van der Waals surface area contributed by atoms with Gasteiger partial charge in [0.15, 0.2) is 0 Å². The average molecular weight is 264 g/mol. The van der Waals surface area contributed by atoms with Crippen molar-refractivity contribution in [2.24, 2.45) is 0 Å². The molecule has 1 heterocycles. The molecule has 0 aliphatic carbocycles. The molecule has 1 aliphatic rings. The van der Waals surface area contributed by atoms with Crippen molar-refractivity contribution in [3.63, 3.8) is 0 Å². The molecule has 0 radical (unpaired) electrons. The second-order valence-electron chi connectivity index (χ2n) is 4.72. The maximum Gasteiger partial charge on any atom is 0.323 e. The molecular weight excluding hydrogens is 246 g/mol. The summed E-state index contributed by atoms with van der Waals surface area (Å²) in [5.41, 5.74) is -0.400. The first-order chi connectivity index (χ1) is 6.33. The van der Waals surface area contributed by atoms with E-state index in [0.717, 1.165) is 25.9 Å². The van der Waals surface area contributed by atoms with Gasteiger partial charge in [-0.05, 0) is 46.7 Å². The number of piperidine rings is 1. The van der Waals surface area contributed by atoms with Gasteiger partial charge in [0.25, 0.3) is 0 Å². The predicted molar refractivity (Wildman–Crippen MR) is 59.6 cm³/mol. The summed E-state index contributed by atoms with van der Waals surface area (Å²) in [6.07, 6.45) is 1.59. The third-order valence-electron chi connectivity index (χ3n) is 2.16. The zero-order valence-electron chi connectivity index (χ0n) is 9.02. The average Bonchev–Trinajstić information content (AvgIpc) is 2.02. The molecule has 0 unspecified atom stereocenters. The van der Waals surface area contributed by atoms with Crippen LogP contribution in [0.25, 0.3) is 0 Å². The zero-order chi connectivity index (χ0) is 10.8. The summed E-state index contributed by atoms with van der Waals surface area (Å²) in [6.45, 7) is 7.40. The Balaban J connectivity index is 2.58. The van der Waals surface area contributed by atoms with Crippen LogP contribution in [0.5, 0.6) is 0 Å². The lowest BCUT2D eigenvalue weighted by Gasteiger charge is -2.32. The fraction of sp³-hybridized carbons (Fsp3) is 0.900. The van der Waals surface area contributed by atoms with Crippen LogP contribution in [0, 0.1) is 0 Å². The molecule has 1 aliphatic heterocycles. The molecule has 82 valence electrons. The van der Waals surface area contributed by atoms with Crippen LogP contribution in [0.1, 0.15) is 33.6 Å². The van der Waals surface area contributed by atoms with E-state index in [0.29, 0.717) is 0 Å². The van der Waals surface area contributed by atoms with Gasteiger partial charge >= 0.3 is 5.97 Å². The first-order valence-electron chi connectivity index (χ1n) is 4.97. The van der Waals surface area contributed by atoms with Gasteiger partial charge in [-0.3, -0.25) is 4.79 Å². The lowest BCUT2D eigenvalue weighted by atomic mass is 9.98. The Hall–Kier alpha value is -0.0900. The molecule has 1 fully saturated rings. The molecule has 1 rings (SSSR count). The van der Waals surface area contributed by atoms with E-state index in [1.165, 1.54) is 0 Å². The lowest BCUT2D eigenvalue weighted by Crippen LogP contribution is -2.46. The summed E-state index contributed by atoms with van der Waals surface area (Å²) in [6, 6.07) is 0. The molecule has 3 nitrogen and oxygen atoms in total. The summed E-state index contributed by atoms with van der Waals surface area (Å²) in [7, 11) is 0. The molecule has 0 bridgehead atoms. The number of hydrogen-bond donors (Lipinski definition) is 1. The Morgan fingerprint density at radius 3 is 2.29 bits per heavy atom. The summed E-state index contributed by atoms with van der Waals surface area (Å²) in [4.78, 5) is 11.8. The van der Waals surface area contributed by atoms with E-state index in [2.05, 4.69) is 21.2 Å². The van der Waals surface area contributed by atoms with Crippen LogP contribution < -0.4 is 5.32 Å². The first-order valence-corrected chi connectivity index (χ1v) is 5.76. The molecule has 4 heteroatoms. The van der Waals surface area contributed by atoms with E-state index in [-0.39, 0.29) is 5.97 Å². The summed E-state index contributed by atoms with van der Waals surface area (Å²) in [5.74, 6) is -0.133. The van der Waals surface area contributed by atoms with Crippen LogP contribution in [-0.2, 0) is 9.53 Å². The topological polar surface area (TPSA) is 38.3 Å². The minimum Gasteiger partial charge on any atom is -0.459 e. The van der Waals surface area contributed by atoms with Gasteiger partial charge in [0, 0.05) is 0 Å².